The maximum Gasteiger partial charge on any atom is 0.252 e. The first-order chi connectivity index (χ1) is 8.09. The van der Waals surface area contributed by atoms with Gasteiger partial charge in [0.15, 0.2) is 0 Å². The molecule has 0 bridgehead atoms. The summed E-state index contributed by atoms with van der Waals surface area (Å²) in [5.74, 6) is -0.833. The number of carbonyl (C=O) groups excluding carboxylic acids is 3. The minimum Gasteiger partial charge on any atom is -0.342 e. The molecule has 2 heterocycles. The molecule has 2 rings (SSSR count). The van der Waals surface area contributed by atoms with Crippen LogP contribution >= 0.6 is 0 Å². The molecular formula is C10H16N4O3. The lowest BCUT2D eigenvalue weighted by atomic mass is 10.2. The molecule has 2 atom stereocenters. The second-order valence-electron chi connectivity index (χ2n) is 4.27. The van der Waals surface area contributed by atoms with Gasteiger partial charge >= 0.3 is 0 Å². The number of likely N-dealkylation sites (tertiary alicyclic amines) is 1. The van der Waals surface area contributed by atoms with Crippen molar-refractivity contribution in [2.24, 2.45) is 0 Å². The van der Waals surface area contributed by atoms with Gasteiger partial charge in [-0.25, -0.2) is 0 Å². The number of piperazine rings is 1. The third-order valence-electron chi connectivity index (χ3n) is 3.06. The van der Waals surface area contributed by atoms with Crippen LogP contribution < -0.4 is 16.0 Å². The fourth-order valence-corrected chi connectivity index (χ4v) is 1.98. The van der Waals surface area contributed by atoms with Crippen LogP contribution in [0.3, 0.4) is 0 Å². The lowest BCUT2D eigenvalue weighted by molar-refractivity contribution is -0.138. The van der Waals surface area contributed by atoms with Gasteiger partial charge in [-0.2, -0.15) is 0 Å². The van der Waals surface area contributed by atoms with Crippen LogP contribution in [0.1, 0.15) is 6.42 Å². The van der Waals surface area contributed by atoms with Crippen molar-refractivity contribution in [3.05, 3.63) is 0 Å². The summed E-state index contributed by atoms with van der Waals surface area (Å²) >= 11 is 0. The van der Waals surface area contributed by atoms with Gasteiger partial charge in [-0.15, -0.1) is 0 Å². The standard InChI is InChI=1S/C10H16N4O3/c1-14-8(15)4-6(10(14)17)13-9(16)7-5-11-2-3-12-7/h6-7,11-12H,2-5H2,1H3,(H,13,16). The van der Waals surface area contributed by atoms with Crippen molar-refractivity contribution in [3.63, 3.8) is 0 Å². The van der Waals surface area contributed by atoms with E-state index in [2.05, 4.69) is 16.0 Å². The van der Waals surface area contributed by atoms with Gasteiger partial charge in [0.1, 0.15) is 6.04 Å². The molecule has 3 amide bonds. The summed E-state index contributed by atoms with van der Waals surface area (Å²) in [6.45, 7) is 2.08. The molecule has 0 radical (unpaired) electrons. The molecule has 17 heavy (non-hydrogen) atoms. The van der Waals surface area contributed by atoms with Gasteiger partial charge in [0.05, 0.1) is 12.5 Å². The Morgan fingerprint density at radius 1 is 1.41 bits per heavy atom. The van der Waals surface area contributed by atoms with Crippen molar-refractivity contribution in [3.8, 4) is 0 Å². The third-order valence-corrected chi connectivity index (χ3v) is 3.06. The lowest BCUT2D eigenvalue weighted by Crippen LogP contribution is -2.57. The van der Waals surface area contributed by atoms with E-state index in [4.69, 9.17) is 0 Å². The van der Waals surface area contributed by atoms with E-state index in [0.29, 0.717) is 6.54 Å². The smallest absolute Gasteiger partial charge is 0.252 e. The molecule has 0 aliphatic carbocycles. The first kappa shape index (κ1) is 12.0. The number of rotatable bonds is 2. The Kier molecular flexibility index (Phi) is 3.39. The van der Waals surface area contributed by atoms with Crippen LogP contribution in [0.4, 0.5) is 0 Å². The van der Waals surface area contributed by atoms with Crippen LogP contribution in [-0.4, -0.2) is 61.4 Å². The van der Waals surface area contributed by atoms with Crippen LogP contribution in [0.25, 0.3) is 0 Å². The molecule has 94 valence electrons. The SMILES string of the molecule is CN1C(=O)CC(NC(=O)C2CNCCN2)C1=O. The van der Waals surface area contributed by atoms with Gasteiger partial charge < -0.3 is 16.0 Å². The molecule has 2 unspecified atom stereocenters. The Morgan fingerprint density at radius 3 is 2.71 bits per heavy atom. The van der Waals surface area contributed by atoms with Gasteiger partial charge in [-0.05, 0) is 0 Å². The van der Waals surface area contributed by atoms with Crippen molar-refractivity contribution in [1.29, 1.82) is 0 Å². The second kappa shape index (κ2) is 4.80. The quantitative estimate of drug-likeness (QED) is 0.461. The molecule has 0 saturated carbocycles. The molecule has 7 heteroatoms. The summed E-state index contributed by atoms with van der Waals surface area (Å²) in [6.07, 6.45) is 0.0568. The molecule has 3 N–H and O–H groups in total. The van der Waals surface area contributed by atoms with E-state index in [1.54, 1.807) is 0 Å². The lowest BCUT2D eigenvalue weighted by Gasteiger charge is -2.24. The highest BCUT2D eigenvalue weighted by Gasteiger charge is 2.37. The fraction of sp³-hybridized carbons (Fsp3) is 0.700. The van der Waals surface area contributed by atoms with E-state index in [9.17, 15) is 14.4 Å². The Bertz CT molecular complexity index is 351. The number of amides is 3. The predicted molar refractivity (Wildman–Crippen MR) is 59.0 cm³/mol. The van der Waals surface area contributed by atoms with E-state index >= 15 is 0 Å². The molecule has 2 aliphatic rings. The van der Waals surface area contributed by atoms with Gasteiger partial charge in [0.2, 0.25) is 11.8 Å². The molecule has 2 aliphatic heterocycles. The van der Waals surface area contributed by atoms with E-state index in [0.717, 1.165) is 18.0 Å². The number of likely N-dealkylation sites (N-methyl/N-ethyl adjacent to an activating group) is 1. The van der Waals surface area contributed by atoms with Crippen molar-refractivity contribution in [2.75, 3.05) is 26.7 Å². The van der Waals surface area contributed by atoms with Crippen molar-refractivity contribution in [2.45, 2.75) is 18.5 Å². The first-order valence-electron chi connectivity index (χ1n) is 5.64. The minimum atomic E-state index is -0.705. The average Bonchev–Trinajstić information content (AvgIpc) is 2.58. The highest BCUT2D eigenvalue weighted by atomic mass is 16.2. The van der Waals surface area contributed by atoms with Crippen molar-refractivity contribution in [1.82, 2.24) is 20.9 Å². The molecule has 2 fully saturated rings. The Labute approximate surface area is 98.9 Å². The molecule has 0 aromatic carbocycles. The van der Waals surface area contributed by atoms with Gasteiger partial charge in [0.25, 0.3) is 5.91 Å². The Hall–Kier alpha value is -1.47. The van der Waals surface area contributed by atoms with Crippen LogP contribution in [0.2, 0.25) is 0 Å². The number of hydrogen-bond donors (Lipinski definition) is 3. The normalized spacial score (nSPS) is 29.6. The number of imide groups is 1. The monoisotopic (exact) mass is 240 g/mol. The molecule has 7 nitrogen and oxygen atoms in total. The van der Waals surface area contributed by atoms with Gasteiger partial charge in [-0.3, -0.25) is 19.3 Å². The van der Waals surface area contributed by atoms with E-state index in [1.807, 2.05) is 0 Å². The van der Waals surface area contributed by atoms with Crippen LogP contribution in [0.15, 0.2) is 0 Å². The summed E-state index contributed by atoms with van der Waals surface area (Å²) in [7, 11) is 1.43. The maximum atomic E-state index is 11.8. The summed E-state index contributed by atoms with van der Waals surface area (Å²) in [5, 5.41) is 8.74. The maximum absolute atomic E-state index is 11.8. The van der Waals surface area contributed by atoms with Gasteiger partial charge in [-0.1, -0.05) is 0 Å². The summed E-state index contributed by atoms with van der Waals surface area (Å²) < 4.78 is 0. The highest BCUT2D eigenvalue weighted by Crippen LogP contribution is 2.10. The third kappa shape index (κ3) is 2.45. The molecular weight excluding hydrogens is 224 g/mol. The van der Waals surface area contributed by atoms with Crippen LogP contribution in [0, 0.1) is 0 Å². The topological polar surface area (TPSA) is 90.5 Å². The van der Waals surface area contributed by atoms with Crippen molar-refractivity contribution < 1.29 is 14.4 Å². The van der Waals surface area contributed by atoms with Crippen molar-refractivity contribution >= 4 is 17.7 Å². The number of nitrogens with zero attached hydrogens (tertiary/aromatic N) is 1. The zero-order valence-corrected chi connectivity index (χ0v) is 9.66. The predicted octanol–water partition coefficient (Wildman–Crippen LogP) is -2.58. The summed E-state index contributed by atoms with van der Waals surface area (Å²) in [4.78, 5) is 35.7. The van der Waals surface area contributed by atoms with Gasteiger partial charge in [0, 0.05) is 26.7 Å². The Balaban J connectivity index is 1.90. The minimum absolute atomic E-state index is 0.0568. The summed E-state index contributed by atoms with van der Waals surface area (Å²) in [6, 6.07) is -1.04. The van der Waals surface area contributed by atoms with Crippen LogP contribution in [0.5, 0.6) is 0 Å². The van der Waals surface area contributed by atoms with Crippen LogP contribution in [-0.2, 0) is 14.4 Å². The molecule has 0 aromatic heterocycles. The number of hydrogen-bond acceptors (Lipinski definition) is 5. The number of nitrogens with one attached hydrogen (secondary N) is 3. The molecule has 0 spiro atoms. The average molecular weight is 240 g/mol. The largest absolute Gasteiger partial charge is 0.342 e. The summed E-state index contributed by atoms with van der Waals surface area (Å²) in [5.41, 5.74) is 0. The molecule has 2 saturated heterocycles. The number of carbonyl (C=O) groups is 3. The fourth-order valence-electron chi connectivity index (χ4n) is 1.98. The zero-order valence-electron chi connectivity index (χ0n) is 9.66. The first-order valence-corrected chi connectivity index (χ1v) is 5.64. The van der Waals surface area contributed by atoms with E-state index in [-0.39, 0.29) is 30.2 Å². The Morgan fingerprint density at radius 2 is 2.18 bits per heavy atom. The van der Waals surface area contributed by atoms with E-state index < -0.39 is 6.04 Å². The molecule has 0 aromatic rings. The van der Waals surface area contributed by atoms with E-state index in [1.165, 1.54) is 7.05 Å². The highest BCUT2D eigenvalue weighted by molar-refractivity contribution is 6.06. The second-order valence-corrected chi connectivity index (χ2v) is 4.27. The zero-order chi connectivity index (χ0) is 12.4.